The van der Waals surface area contributed by atoms with E-state index in [1.165, 1.54) is 6.08 Å². The van der Waals surface area contributed by atoms with Crippen molar-refractivity contribution in [2.45, 2.75) is 13.5 Å². The zero-order chi connectivity index (χ0) is 24.6. The van der Waals surface area contributed by atoms with Crippen LogP contribution in [0.1, 0.15) is 18.1 Å². The van der Waals surface area contributed by atoms with Gasteiger partial charge < -0.3 is 14.8 Å². The Bertz CT molecular complexity index is 1430. The molecule has 0 atom stereocenters. The number of hydrogen-bond acceptors (Lipinski definition) is 4. The van der Waals surface area contributed by atoms with Crippen molar-refractivity contribution < 1.29 is 14.3 Å². The number of anilines is 1. The largest absolute Gasteiger partial charge is 0.490 e. The van der Waals surface area contributed by atoms with Crippen LogP contribution in [0, 0.1) is 11.3 Å². The number of benzene rings is 4. The number of hydrogen-bond donors (Lipinski definition) is 1. The van der Waals surface area contributed by atoms with Crippen molar-refractivity contribution in [1.29, 1.82) is 5.26 Å². The molecule has 0 aliphatic rings. The maximum Gasteiger partial charge on any atom is 0.266 e. The van der Waals surface area contributed by atoms with Gasteiger partial charge in [-0.1, -0.05) is 66.2 Å². The van der Waals surface area contributed by atoms with Gasteiger partial charge in [0.1, 0.15) is 18.2 Å². The minimum absolute atomic E-state index is 0.0446. The molecule has 0 aromatic heterocycles. The molecule has 0 aliphatic carbocycles. The van der Waals surface area contributed by atoms with E-state index in [4.69, 9.17) is 21.1 Å². The van der Waals surface area contributed by atoms with Crippen LogP contribution >= 0.6 is 11.6 Å². The summed E-state index contributed by atoms with van der Waals surface area (Å²) < 4.78 is 11.9. The molecule has 174 valence electrons. The van der Waals surface area contributed by atoms with E-state index in [0.29, 0.717) is 41.0 Å². The Morgan fingerprint density at radius 3 is 2.57 bits per heavy atom. The third kappa shape index (κ3) is 6.00. The molecule has 4 aromatic rings. The summed E-state index contributed by atoms with van der Waals surface area (Å²) in [5, 5.41) is 15.0. The maximum absolute atomic E-state index is 12.6. The highest BCUT2D eigenvalue weighted by Crippen LogP contribution is 2.31. The van der Waals surface area contributed by atoms with Gasteiger partial charge >= 0.3 is 0 Å². The lowest BCUT2D eigenvalue weighted by atomic mass is 10.1. The number of carbonyl (C=O) groups excluding carboxylic acids is 1. The SMILES string of the molecule is CCOc1cc(/C=C(\C#N)C(=O)Nc2cccc(Cl)c2)ccc1OCc1cccc2ccccc12. The summed E-state index contributed by atoms with van der Waals surface area (Å²) >= 11 is 5.97. The molecule has 6 heteroatoms. The summed E-state index contributed by atoms with van der Waals surface area (Å²) in [7, 11) is 0. The molecule has 35 heavy (non-hydrogen) atoms. The normalized spacial score (nSPS) is 11.1. The number of nitriles is 1. The molecule has 4 rings (SSSR count). The standard InChI is InChI=1S/C29H23ClN2O3/c1-2-34-28-16-20(15-23(18-31)29(33)32-25-11-6-10-24(30)17-25)13-14-27(28)35-19-22-9-5-8-21-7-3-4-12-26(21)22/h3-17H,2,19H2,1H3,(H,32,33)/b23-15+. The molecule has 0 saturated carbocycles. The molecule has 0 aliphatic heterocycles. The van der Waals surface area contributed by atoms with Gasteiger partial charge in [-0.05, 0) is 65.2 Å². The molecular weight excluding hydrogens is 460 g/mol. The number of carbonyl (C=O) groups is 1. The van der Waals surface area contributed by atoms with Crippen LogP contribution in [0.2, 0.25) is 5.02 Å². The third-order valence-corrected chi connectivity index (χ3v) is 5.52. The van der Waals surface area contributed by atoms with Gasteiger partial charge in [-0.25, -0.2) is 0 Å². The lowest BCUT2D eigenvalue weighted by Crippen LogP contribution is -2.13. The predicted molar refractivity (Wildman–Crippen MR) is 140 cm³/mol. The summed E-state index contributed by atoms with van der Waals surface area (Å²) in [5.74, 6) is 0.594. The number of fused-ring (bicyclic) bond motifs is 1. The number of halogens is 1. The summed E-state index contributed by atoms with van der Waals surface area (Å²) in [4.78, 5) is 12.6. The van der Waals surface area contributed by atoms with Crippen LogP contribution in [-0.4, -0.2) is 12.5 Å². The average molecular weight is 483 g/mol. The Morgan fingerprint density at radius 2 is 1.77 bits per heavy atom. The van der Waals surface area contributed by atoms with E-state index >= 15 is 0 Å². The predicted octanol–water partition coefficient (Wildman–Crippen LogP) is 7.02. The van der Waals surface area contributed by atoms with Crippen LogP contribution in [0.3, 0.4) is 0 Å². The first-order valence-corrected chi connectivity index (χ1v) is 11.5. The van der Waals surface area contributed by atoms with Crippen molar-refractivity contribution in [3.8, 4) is 17.6 Å². The minimum Gasteiger partial charge on any atom is -0.490 e. The van der Waals surface area contributed by atoms with E-state index in [1.807, 2.05) is 37.3 Å². The zero-order valence-electron chi connectivity index (χ0n) is 19.1. The van der Waals surface area contributed by atoms with Crippen molar-refractivity contribution in [2.24, 2.45) is 0 Å². The molecule has 0 bridgehead atoms. The molecule has 0 fully saturated rings. The van der Waals surface area contributed by atoms with E-state index in [-0.39, 0.29) is 5.57 Å². The fourth-order valence-electron chi connectivity index (χ4n) is 3.66. The number of rotatable bonds is 8. The number of nitrogens with one attached hydrogen (secondary N) is 1. The minimum atomic E-state index is -0.524. The van der Waals surface area contributed by atoms with E-state index in [9.17, 15) is 10.1 Å². The zero-order valence-corrected chi connectivity index (χ0v) is 19.9. The van der Waals surface area contributed by atoms with Gasteiger partial charge in [0.05, 0.1) is 6.61 Å². The van der Waals surface area contributed by atoms with Gasteiger partial charge in [0.2, 0.25) is 0 Å². The molecule has 0 saturated heterocycles. The van der Waals surface area contributed by atoms with Crippen molar-refractivity contribution in [1.82, 2.24) is 0 Å². The molecule has 5 nitrogen and oxygen atoms in total. The van der Waals surface area contributed by atoms with Gasteiger partial charge in [0.25, 0.3) is 5.91 Å². The topological polar surface area (TPSA) is 71.3 Å². The molecule has 0 heterocycles. The average Bonchev–Trinajstić information content (AvgIpc) is 2.87. The Balaban J connectivity index is 1.54. The molecule has 0 spiro atoms. The first-order valence-electron chi connectivity index (χ1n) is 11.1. The molecular formula is C29H23ClN2O3. The van der Waals surface area contributed by atoms with Crippen molar-refractivity contribution in [3.05, 3.63) is 107 Å². The molecule has 1 amide bonds. The van der Waals surface area contributed by atoms with Crippen LogP contribution in [0.25, 0.3) is 16.8 Å². The summed E-state index contributed by atoms with van der Waals surface area (Å²) in [6.07, 6.45) is 1.51. The van der Waals surface area contributed by atoms with Crippen molar-refractivity contribution in [2.75, 3.05) is 11.9 Å². The Kier molecular flexibility index (Phi) is 7.67. The molecule has 0 radical (unpaired) electrons. The van der Waals surface area contributed by atoms with E-state index in [1.54, 1.807) is 42.5 Å². The van der Waals surface area contributed by atoms with E-state index in [0.717, 1.165) is 16.3 Å². The summed E-state index contributed by atoms with van der Waals surface area (Å²) in [5.41, 5.74) is 2.18. The second kappa shape index (κ2) is 11.2. The van der Waals surface area contributed by atoms with Crippen molar-refractivity contribution >= 4 is 40.0 Å². The fourth-order valence-corrected chi connectivity index (χ4v) is 3.85. The summed E-state index contributed by atoms with van der Waals surface area (Å²) in [6, 6.07) is 28.3. The maximum atomic E-state index is 12.6. The Hall–Kier alpha value is -4.27. The first-order chi connectivity index (χ1) is 17.1. The van der Waals surface area contributed by atoms with Gasteiger partial charge in [-0.15, -0.1) is 0 Å². The van der Waals surface area contributed by atoms with E-state index < -0.39 is 5.91 Å². The quantitative estimate of drug-likeness (QED) is 0.216. The monoisotopic (exact) mass is 482 g/mol. The smallest absolute Gasteiger partial charge is 0.266 e. The lowest BCUT2D eigenvalue weighted by molar-refractivity contribution is -0.112. The Labute approximate surface area is 209 Å². The van der Waals surface area contributed by atoms with Crippen LogP contribution < -0.4 is 14.8 Å². The van der Waals surface area contributed by atoms with Crippen LogP contribution in [0.4, 0.5) is 5.69 Å². The van der Waals surface area contributed by atoms with Gasteiger partial charge in [-0.3, -0.25) is 4.79 Å². The lowest BCUT2D eigenvalue weighted by Gasteiger charge is -2.14. The number of ether oxygens (including phenoxy) is 2. The van der Waals surface area contributed by atoms with Crippen LogP contribution in [0.15, 0.2) is 90.5 Å². The Morgan fingerprint density at radius 1 is 0.971 bits per heavy atom. The second-order valence-electron chi connectivity index (χ2n) is 7.70. The molecule has 1 N–H and O–H groups in total. The molecule has 4 aromatic carbocycles. The number of nitrogens with zero attached hydrogens (tertiary/aromatic N) is 1. The highest BCUT2D eigenvalue weighted by atomic mass is 35.5. The van der Waals surface area contributed by atoms with E-state index in [2.05, 4.69) is 23.5 Å². The van der Waals surface area contributed by atoms with Gasteiger partial charge in [0, 0.05) is 10.7 Å². The molecule has 0 unspecified atom stereocenters. The van der Waals surface area contributed by atoms with Crippen LogP contribution in [0.5, 0.6) is 11.5 Å². The first kappa shape index (κ1) is 23.9. The highest BCUT2D eigenvalue weighted by molar-refractivity contribution is 6.31. The van der Waals surface area contributed by atoms with Gasteiger partial charge in [-0.2, -0.15) is 5.26 Å². The van der Waals surface area contributed by atoms with Crippen molar-refractivity contribution in [3.63, 3.8) is 0 Å². The van der Waals surface area contributed by atoms with Gasteiger partial charge in [0.15, 0.2) is 11.5 Å². The second-order valence-corrected chi connectivity index (χ2v) is 8.14. The highest BCUT2D eigenvalue weighted by Gasteiger charge is 2.12. The fraction of sp³-hybridized carbons (Fsp3) is 0.103. The summed E-state index contributed by atoms with van der Waals surface area (Å²) in [6.45, 7) is 2.70. The number of amides is 1. The van der Waals surface area contributed by atoms with Crippen LogP contribution in [-0.2, 0) is 11.4 Å². The third-order valence-electron chi connectivity index (χ3n) is 5.29.